The van der Waals surface area contributed by atoms with Crippen molar-refractivity contribution in [3.8, 4) is 5.75 Å². The lowest BCUT2D eigenvalue weighted by molar-refractivity contribution is -0.141. The second kappa shape index (κ2) is 25.2. The molecule has 5 rings (SSSR count). The standard InChI is InChI=1S/C48H54N8O13S2/c1-27-33(13-9-15-35(27)52-46(63)39(51-28(2)57)23-30-16-18-32(19-17-30)69-71(66,67)68)44(61)55-40(24-31-26-50-36-14-8-7-12-34(31)36)47(64)53-37(20-21-70-3)45(62)56-41(25-42(58)59)48(65)54-38(43(49)60)22-29-10-5-4-6-11-29/h4-19,26,37-41,50H,20-25H2,1-3H3,(H2,49,60)(H,51,57)(H,52,63)(H,53,64)(H,54,65)(H,55,61)(H,56,62)(H,58,59)(H,66,67,68)/t37-,38-,39-,40-,41-/m0/s1. The smallest absolute Gasteiger partial charge is 0.446 e. The lowest BCUT2D eigenvalue weighted by Gasteiger charge is -2.26. The van der Waals surface area contributed by atoms with Crippen molar-refractivity contribution in [3.63, 3.8) is 0 Å². The third-order valence-electron chi connectivity index (χ3n) is 11.0. The van der Waals surface area contributed by atoms with Crippen LogP contribution in [0.15, 0.2) is 103 Å². The number of aromatic nitrogens is 1. The summed E-state index contributed by atoms with van der Waals surface area (Å²) >= 11 is 1.35. The topological polar surface area (TPSA) is 334 Å². The second-order valence-electron chi connectivity index (χ2n) is 16.3. The second-order valence-corrected chi connectivity index (χ2v) is 18.3. The first-order valence-electron chi connectivity index (χ1n) is 22.0. The molecule has 1 aromatic heterocycles. The quantitative estimate of drug-likeness (QED) is 0.0375. The molecule has 5 atom stereocenters. The van der Waals surface area contributed by atoms with Crippen molar-refractivity contribution in [1.82, 2.24) is 31.6 Å². The molecule has 0 aliphatic rings. The molecule has 0 saturated heterocycles. The van der Waals surface area contributed by atoms with Crippen molar-refractivity contribution in [2.45, 2.75) is 76.2 Å². The SMILES string of the molecule is CSCC[C@H](NC(=O)[C@H](Cc1c[nH]c2ccccc12)NC(=O)c1cccc(NC(=O)[C@H](Cc2ccc(OS(=O)(=O)O)cc2)NC(C)=O)c1C)C(=O)N[C@@H](CC(=O)O)C(=O)N[C@@H](Cc1ccccc1)C(N)=O. The first-order chi connectivity index (χ1) is 33.7. The number of rotatable bonds is 25. The van der Waals surface area contributed by atoms with E-state index in [0.717, 1.165) is 10.9 Å². The van der Waals surface area contributed by atoms with Gasteiger partial charge in [0.1, 0.15) is 36.0 Å². The van der Waals surface area contributed by atoms with Crippen LogP contribution in [0.5, 0.6) is 5.75 Å². The summed E-state index contributed by atoms with van der Waals surface area (Å²) in [5, 5.41) is 26.1. The molecular weight excluding hydrogens is 961 g/mol. The van der Waals surface area contributed by atoms with E-state index in [1.165, 1.54) is 61.2 Å². The predicted molar refractivity (Wildman–Crippen MR) is 263 cm³/mol. The Balaban J connectivity index is 1.37. The maximum absolute atomic E-state index is 14.4. The molecular formula is C48H54N8O13S2. The number of fused-ring (bicyclic) bond motifs is 1. The summed E-state index contributed by atoms with van der Waals surface area (Å²) in [7, 11) is -4.78. The molecule has 0 spiro atoms. The average Bonchev–Trinajstić information content (AvgIpc) is 3.72. The van der Waals surface area contributed by atoms with Gasteiger partial charge in [0.15, 0.2) is 0 Å². The van der Waals surface area contributed by atoms with E-state index < -0.39 is 94.3 Å². The molecule has 23 heteroatoms. The van der Waals surface area contributed by atoms with Crippen LogP contribution in [-0.4, -0.2) is 113 Å². The van der Waals surface area contributed by atoms with Crippen LogP contribution in [0, 0.1) is 6.92 Å². The number of anilines is 1. The largest absolute Gasteiger partial charge is 0.481 e. The molecule has 0 unspecified atom stereocenters. The fourth-order valence-electron chi connectivity index (χ4n) is 7.47. The minimum absolute atomic E-state index is 0.0112. The third-order valence-corrected chi connectivity index (χ3v) is 12.1. The minimum atomic E-state index is -4.78. The molecule has 5 aromatic rings. The fraction of sp³-hybridized carbons (Fsp3) is 0.292. The number of amides is 7. The van der Waals surface area contributed by atoms with Crippen LogP contribution < -0.4 is 41.8 Å². The number of carboxylic acid groups (broad SMARTS) is 1. The highest BCUT2D eigenvalue weighted by atomic mass is 32.3. The van der Waals surface area contributed by atoms with Crippen LogP contribution in [0.25, 0.3) is 10.9 Å². The Morgan fingerprint density at radius 2 is 1.28 bits per heavy atom. The first-order valence-corrected chi connectivity index (χ1v) is 24.7. The van der Waals surface area contributed by atoms with Gasteiger partial charge in [-0.3, -0.25) is 42.9 Å². The van der Waals surface area contributed by atoms with Crippen molar-refractivity contribution in [2.75, 3.05) is 17.3 Å². The molecule has 0 aliphatic heterocycles. The van der Waals surface area contributed by atoms with Crippen LogP contribution in [0.1, 0.15) is 52.4 Å². The van der Waals surface area contributed by atoms with Gasteiger partial charge in [-0.1, -0.05) is 66.7 Å². The molecule has 376 valence electrons. The maximum Gasteiger partial charge on any atom is 0.446 e. The Hall–Kier alpha value is -7.76. The van der Waals surface area contributed by atoms with E-state index in [9.17, 15) is 51.9 Å². The highest BCUT2D eigenvalue weighted by molar-refractivity contribution is 7.98. The van der Waals surface area contributed by atoms with Gasteiger partial charge in [0, 0.05) is 54.5 Å². The molecule has 0 bridgehead atoms. The van der Waals surface area contributed by atoms with Crippen molar-refractivity contribution in [3.05, 3.63) is 131 Å². The predicted octanol–water partition coefficient (Wildman–Crippen LogP) is 2.10. The van der Waals surface area contributed by atoms with E-state index in [1.54, 1.807) is 55.8 Å². The molecule has 0 fully saturated rings. The molecule has 7 amide bonds. The summed E-state index contributed by atoms with van der Waals surface area (Å²) in [5.41, 5.74) is 8.61. The van der Waals surface area contributed by atoms with Crippen LogP contribution >= 0.6 is 11.8 Å². The number of primary amides is 1. The zero-order valence-electron chi connectivity index (χ0n) is 38.7. The number of thioether (sulfide) groups is 1. The summed E-state index contributed by atoms with van der Waals surface area (Å²) in [5.74, 6) is -6.87. The number of hydrogen-bond acceptors (Lipinski definition) is 12. The Bertz CT molecular complexity index is 2860. The van der Waals surface area contributed by atoms with E-state index in [1.807, 2.05) is 18.2 Å². The summed E-state index contributed by atoms with van der Waals surface area (Å²) in [6, 6.07) is 18.9. The molecule has 1 heterocycles. The monoisotopic (exact) mass is 1010 g/mol. The Kier molecular flexibility index (Phi) is 19.2. The summed E-state index contributed by atoms with van der Waals surface area (Å²) < 4.78 is 35.6. The summed E-state index contributed by atoms with van der Waals surface area (Å²) in [6.45, 7) is 2.77. The number of para-hydroxylation sites is 1. The van der Waals surface area contributed by atoms with Crippen molar-refractivity contribution >= 4 is 86.1 Å². The number of nitrogens with one attached hydrogen (secondary N) is 7. The number of hydrogen-bond donors (Lipinski definition) is 10. The zero-order valence-corrected chi connectivity index (χ0v) is 40.4. The minimum Gasteiger partial charge on any atom is -0.481 e. The average molecular weight is 1020 g/mol. The van der Waals surface area contributed by atoms with Gasteiger partial charge >= 0.3 is 16.4 Å². The van der Waals surface area contributed by atoms with Crippen LogP contribution in [0.3, 0.4) is 0 Å². The number of nitrogens with two attached hydrogens (primary N) is 1. The molecule has 21 nitrogen and oxygen atoms in total. The number of aromatic amines is 1. The molecule has 0 aliphatic carbocycles. The fourth-order valence-corrected chi connectivity index (χ4v) is 8.30. The third kappa shape index (κ3) is 16.4. The van der Waals surface area contributed by atoms with Crippen LogP contribution in [-0.2, 0) is 63.2 Å². The number of H-pyrrole nitrogens is 1. The van der Waals surface area contributed by atoms with Gasteiger partial charge in [-0.15, -0.1) is 0 Å². The maximum atomic E-state index is 14.4. The van der Waals surface area contributed by atoms with Gasteiger partial charge in [0.2, 0.25) is 35.4 Å². The van der Waals surface area contributed by atoms with Gasteiger partial charge in [-0.25, -0.2) is 0 Å². The van der Waals surface area contributed by atoms with Crippen LogP contribution in [0.4, 0.5) is 5.69 Å². The highest BCUT2D eigenvalue weighted by Gasteiger charge is 2.33. The molecule has 0 radical (unpaired) electrons. The lowest BCUT2D eigenvalue weighted by atomic mass is 10.0. The number of benzene rings is 4. The number of carbonyl (C=O) groups excluding carboxylic acids is 7. The Labute approximate surface area is 412 Å². The van der Waals surface area contributed by atoms with E-state index in [2.05, 4.69) is 41.1 Å². The molecule has 71 heavy (non-hydrogen) atoms. The highest BCUT2D eigenvalue weighted by Crippen LogP contribution is 2.23. The van der Waals surface area contributed by atoms with E-state index in [4.69, 9.17) is 10.3 Å². The van der Waals surface area contributed by atoms with E-state index in [0.29, 0.717) is 22.4 Å². The first kappa shape index (κ1) is 54.2. The van der Waals surface area contributed by atoms with Crippen molar-refractivity contribution in [1.29, 1.82) is 0 Å². The number of carbonyl (C=O) groups is 8. The molecule has 4 aromatic carbocycles. The Morgan fingerprint density at radius 1 is 0.690 bits per heavy atom. The molecule has 11 N–H and O–H groups in total. The van der Waals surface area contributed by atoms with Gasteiger partial charge in [0.05, 0.1) is 6.42 Å². The van der Waals surface area contributed by atoms with Crippen molar-refractivity contribution < 1.29 is 60.6 Å². The molecule has 0 saturated carbocycles. The van der Waals surface area contributed by atoms with E-state index >= 15 is 0 Å². The van der Waals surface area contributed by atoms with Crippen molar-refractivity contribution in [2.24, 2.45) is 5.73 Å². The normalized spacial score (nSPS) is 13.3. The van der Waals surface area contributed by atoms with Gasteiger partial charge < -0.3 is 51.9 Å². The summed E-state index contributed by atoms with van der Waals surface area (Å²) in [4.78, 5) is 110. The van der Waals surface area contributed by atoms with E-state index in [-0.39, 0.29) is 48.2 Å². The number of carboxylic acids is 1. The van der Waals surface area contributed by atoms with Gasteiger partial charge in [-0.05, 0) is 77.9 Å². The van der Waals surface area contributed by atoms with Crippen LogP contribution in [0.2, 0.25) is 0 Å². The van der Waals surface area contributed by atoms with Gasteiger partial charge in [0.25, 0.3) is 5.91 Å². The summed E-state index contributed by atoms with van der Waals surface area (Å²) in [6.07, 6.45) is 2.41. The Morgan fingerprint density at radius 3 is 1.93 bits per heavy atom. The van der Waals surface area contributed by atoms with Gasteiger partial charge in [-0.2, -0.15) is 20.2 Å². The lowest BCUT2D eigenvalue weighted by Crippen LogP contribution is -2.59. The number of aliphatic carboxylic acids is 1. The zero-order chi connectivity index (χ0) is 51.8.